The maximum Gasteiger partial charge on any atom is 0.153 e. The van der Waals surface area contributed by atoms with Gasteiger partial charge in [-0.25, -0.2) is 4.98 Å². The van der Waals surface area contributed by atoms with Gasteiger partial charge in [0.1, 0.15) is 0 Å². The van der Waals surface area contributed by atoms with Crippen molar-refractivity contribution in [3.8, 4) is 0 Å². The Balaban J connectivity index is 1.16. The number of H-pyrrole nitrogens is 1. The van der Waals surface area contributed by atoms with E-state index >= 15 is 0 Å². The van der Waals surface area contributed by atoms with E-state index in [-0.39, 0.29) is 0 Å². The first-order chi connectivity index (χ1) is 12.9. The molecule has 2 aliphatic carbocycles. The third-order valence-electron chi connectivity index (χ3n) is 5.79. The lowest BCUT2D eigenvalue weighted by atomic mass is 10.2. The third kappa shape index (κ3) is 4.77. The van der Waals surface area contributed by atoms with Crippen LogP contribution in [0.25, 0.3) is 5.70 Å². The molecule has 0 radical (unpaired) electrons. The predicted molar refractivity (Wildman–Crippen MR) is 107 cm³/mol. The molecule has 4 rings (SSSR count). The van der Waals surface area contributed by atoms with Gasteiger partial charge in [-0.15, -0.1) is 0 Å². The second-order valence-corrected chi connectivity index (χ2v) is 7.93. The lowest BCUT2D eigenvalue weighted by Crippen LogP contribution is -2.34. The molecule has 3 N–H and O–H groups in total. The summed E-state index contributed by atoms with van der Waals surface area (Å²) in [5.41, 5.74) is 2.53. The van der Waals surface area contributed by atoms with E-state index < -0.39 is 0 Å². The van der Waals surface area contributed by atoms with Crippen molar-refractivity contribution in [2.24, 2.45) is 0 Å². The van der Waals surface area contributed by atoms with Crippen molar-refractivity contribution in [2.75, 3.05) is 32.7 Å². The topological polar surface area (TPSA) is 56.0 Å². The molecular weight excluding hydrogens is 322 g/mol. The van der Waals surface area contributed by atoms with Crippen LogP contribution in [-0.4, -0.2) is 53.6 Å². The van der Waals surface area contributed by atoms with Gasteiger partial charge in [-0.1, -0.05) is 25.0 Å². The van der Waals surface area contributed by atoms with Crippen molar-refractivity contribution in [2.45, 2.75) is 56.9 Å². The van der Waals surface area contributed by atoms with Gasteiger partial charge in [0.2, 0.25) is 0 Å². The summed E-state index contributed by atoms with van der Waals surface area (Å²) in [7, 11) is 0. The van der Waals surface area contributed by atoms with Crippen LogP contribution >= 0.6 is 0 Å². The minimum atomic E-state index is 0.726. The molecule has 3 aliphatic rings. The van der Waals surface area contributed by atoms with Crippen molar-refractivity contribution < 1.29 is 0 Å². The Bertz CT molecular complexity index is 622. The first-order valence-electron chi connectivity index (χ1n) is 10.5. The van der Waals surface area contributed by atoms with Gasteiger partial charge in [0.15, 0.2) is 5.82 Å². The molecule has 5 nitrogen and oxygen atoms in total. The molecule has 142 valence electrons. The molecule has 2 heterocycles. The number of aromatic nitrogens is 2. The summed E-state index contributed by atoms with van der Waals surface area (Å²) < 4.78 is 0. The summed E-state index contributed by atoms with van der Waals surface area (Å²) >= 11 is 0. The molecule has 26 heavy (non-hydrogen) atoms. The van der Waals surface area contributed by atoms with E-state index in [4.69, 9.17) is 0 Å². The lowest BCUT2D eigenvalue weighted by molar-refractivity contribution is 0.417. The fourth-order valence-electron chi connectivity index (χ4n) is 4.05. The molecular formula is C21H33N5. The molecule has 0 aromatic carbocycles. The zero-order chi connectivity index (χ0) is 17.6. The highest BCUT2D eigenvalue weighted by atomic mass is 15.2. The molecule has 0 bridgehead atoms. The first-order valence-corrected chi connectivity index (χ1v) is 10.5. The van der Waals surface area contributed by atoms with Crippen LogP contribution in [-0.2, 0) is 0 Å². The molecule has 1 aromatic heterocycles. The zero-order valence-electron chi connectivity index (χ0n) is 15.8. The summed E-state index contributed by atoms with van der Waals surface area (Å²) in [6.45, 7) is 5.24. The summed E-state index contributed by atoms with van der Waals surface area (Å²) in [6.07, 6.45) is 18.0. The van der Waals surface area contributed by atoms with Crippen molar-refractivity contribution in [3.05, 3.63) is 35.9 Å². The number of allylic oxidation sites excluding steroid dienone is 2. The van der Waals surface area contributed by atoms with Gasteiger partial charge in [0, 0.05) is 43.5 Å². The van der Waals surface area contributed by atoms with E-state index in [1.54, 1.807) is 0 Å². The van der Waals surface area contributed by atoms with Crippen LogP contribution in [0.1, 0.15) is 62.4 Å². The summed E-state index contributed by atoms with van der Waals surface area (Å²) in [4.78, 5) is 10.6. The molecule has 0 atom stereocenters. The van der Waals surface area contributed by atoms with Gasteiger partial charge < -0.3 is 20.5 Å². The SMILES string of the molecule is C1=CCN(CCNCCCNC2CCCC2)C(c2ncc(C3CC3)[nH]2)=C1. The number of imidazole rings is 1. The van der Waals surface area contributed by atoms with E-state index in [1.807, 2.05) is 6.20 Å². The number of nitrogens with zero attached hydrogens (tertiary/aromatic N) is 2. The highest BCUT2D eigenvalue weighted by molar-refractivity contribution is 5.62. The molecule has 0 unspecified atom stereocenters. The monoisotopic (exact) mass is 355 g/mol. The molecule has 5 heteroatoms. The second kappa shape index (κ2) is 8.87. The van der Waals surface area contributed by atoms with Gasteiger partial charge in [-0.2, -0.15) is 0 Å². The molecule has 1 aliphatic heterocycles. The quantitative estimate of drug-likeness (QED) is 0.565. The fraction of sp³-hybridized carbons (Fsp3) is 0.667. The van der Waals surface area contributed by atoms with Crippen LogP contribution in [0.15, 0.2) is 24.4 Å². The van der Waals surface area contributed by atoms with E-state index in [1.165, 1.54) is 56.3 Å². The Morgan fingerprint density at radius 1 is 1.12 bits per heavy atom. The maximum absolute atomic E-state index is 4.63. The Hall–Kier alpha value is -1.59. The summed E-state index contributed by atoms with van der Waals surface area (Å²) in [6, 6.07) is 0.789. The molecule has 0 saturated heterocycles. The number of hydrogen-bond donors (Lipinski definition) is 3. The molecule has 1 aromatic rings. The summed E-state index contributed by atoms with van der Waals surface area (Å²) in [5.74, 6) is 1.75. The van der Waals surface area contributed by atoms with Gasteiger partial charge in [-0.05, 0) is 51.3 Å². The standard InChI is InChI=1S/C21H33N5/c1-2-7-18(6-1)23-12-5-11-22-13-15-26-14-4-3-8-20(26)21-24-16-19(25-21)17-9-10-17/h3-4,8,16-18,22-23H,1-2,5-7,9-15H2,(H,24,25). The molecule has 2 saturated carbocycles. The Labute approximate surface area is 157 Å². The Morgan fingerprint density at radius 2 is 2.00 bits per heavy atom. The largest absolute Gasteiger partial charge is 0.364 e. The minimum absolute atomic E-state index is 0.726. The number of hydrogen-bond acceptors (Lipinski definition) is 4. The Morgan fingerprint density at radius 3 is 2.85 bits per heavy atom. The van der Waals surface area contributed by atoms with E-state index in [0.29, 0.717) is 0 Å². The van der Waals surface area contributed by atoms with Crippen molar-refractivity contribution >= 4 is 5.70 Å². The van der Waals surface area contributed by atoms with Crippen LogP contribution in [0.4, 0.5) is 0 Å². The van der Waals surface area contributed by atoms with Crippen molar-refractivity contribution in [1.29, 1.82) is 0 Å². The van der Waals surface area contributed by atoms with Crippen LogP contribution in [0, 0.1) is 0 Å². The minimum Gasteiger partial charge on any atom is -0.364 e. The number of nitrogens with one attached hydrogen (secondary N) is 3. The zero-order valence-corrected chi connectivity index (χ0v) is 15.8. The van der Waals surface area contributed by atoms with Crippen LogP contribution in [0.3, 0.4) is 0 Å². The highest BCUT2D eigenvalue weighted by Gasteiger charge is 2.26. The van der Waals surface area contributed by atoms with Crippen molar-refractivity contribution in [3.63, 3.8) is 0 Å². The smallest absolute Gasteiger partial charge is 0.153 e. The average molecular weight is 356 g/mol. The van der Waals surface area contributed by atoms with E-state index in [2.05, 4.69) is 43.7 Å². The van der Waals surface area contributed by atoms with Gasteiger partial charge in [0.05, 0.1) is 5.70 Å². The molecule has 0 amide bonds. The molecule has 2 fully saturated rings. The molecule has 0 spiro atoms. The highest BCUT2D eigenvalue weighted by Crippen LogP contribution is 2.39. The Kier molecular flexibility index (Phi) is 6.07. The van der Waals surface area contributed by atoms with E-state index in [9.17, 15) is 0 Å². The predicted octanol–water partition coefficient (Wildman–Crippen LogP) is 3.01. The average Bonchev–Trinajstić information content (AvgIpc) is 3.18. The fourth-order valence-corrected chi connectivity index (χ4v) is 4.05. The van der Waals surface area contributed by atoms with Gasteiger partial charge in [0.25, 0.3) is 0 Å². The third-order valence-corrected chi connectivity index (χ3v) is 5.79. The summed E-state index contributed by atoms with van der Waals surface area (Å²) in [5, 5.41) is 7.29. The first kappa shape index (κ1) is 17.8. The van der Waals surface area contributed by atoms with Gasteiger partial charge >= 0.3 is 0 Å². The van der Waals surface area contributed by atoms with Crippen LogP contribution in [0.5, 0.6) is 0 Å². The van der Waals surface area contributed by atoms with Crippen LogP contribution in [0.2, 0.25) is 0 Å². The lowest BCUT2D eigenvalue weighted by Gasteiger charge is -2.27. The van der Waals surface area contributed by atoms with Crippen molar-refractivity contribution in [1.82, 2.24) is 25.5 Å². The normalized spacial score (nSPS) is 20.8. The van der Waals surface area contributed by atoms with E-state index in [0.717, 1.165) is 50.5 Å². The number of rotatable bonds is 10. The van der Waals surface area contributed by atoms with Gasteiger partial charge in [-0.3, -0.25) is 0 Å². The maximum atomic E-state index is 4.63. The number of aromatic amines is 1. The second-order valence-electron chi connectivity index (χ2n) is 7.93. The van der Waals surface area contributed by atoms with Crippen LogP contribution < -0.4 is 10.6 Å².